The van der Waals surface area contributed by atoms with Crippen molar-refractivity contribution in [2.45, 2.75) is 0 Å². The van der Waals surface area contributed by atoms with Crippen molar-refractivity contribution >= 4 is 24.3 Å². The minimum atomic E-state index is 0.781. The summed E-state index contributed by atoms with van der Waals surface area (Å²) in [6.07, 6.45) is 10.1. The van der Waals surface area contributed by atoms with Crippen molar-refractivity contribution in [1.29, 1.82) is 0 Å². The van der Waals surface area contributed by atoms with Gasteiger partial charge in [0.1, 0.15) is 5.69 Å². The predicted molar refractivity (Wildman–Crippen MR) is 140 cm³/mol. The van der Waals surface area contributed by atoms with Crippen LogP contribution in [0.5, 0.6) is 0 Å². The summed E-state index contributed by atoms with van der Waals surface area (Å²) in [4.78, 5) is 4.62. The molecule has 0 N–H and O–H groups in total. The fourth-order valence-corrected chi connectivity index (χ4v) is 4.29. The molecule has 0 aromatic heterocycles. The first-order valence-electron chi connectivity index (χ1n) is 11.3. The highest BCUT2D eigenvalue weighted by molar-refractivity contribution is 5.86. The lowest BCUT2D eigenvalue weighted by molar-refractivity contribution is 1.08. The Hall–Kier alpha value is -4.63. The van der Waals surface area contributed by atoms with E-state index in [1.165, 1.54) is 33.4 Å². The van der Waals surface area contributed by atoms with Crippen LogP contribution >= 0.6 is 0 Å². The van der Waals surface area contributed by atoms with E-state index in [0.29, 0.717) is 0 Å². The van der Waals surface area contributed by atoms with Crippen LogP contribution < -0.4 is 0 Å². The second-order valence-corrected chi connectivity index (χ2v) is 8.20. The quantitative estimate of drug-likeness (QED) is 0.287. The van der Waals surface area contributed by atoms with Gasteiger partial charge < -0.3 is 0 Å². The Morgan fingerprint density at radius 2 is 1.12 bits per heavy atom. The van der Waals surface area contributed by atoms with Gasteiger partial charge in [-0.15, -0.1) is 10.2 Å². The fourth-order valence-electron chi connectivity index (χ4n) is 4.29. The molecule has 0 spiro atoms. The summed E-state index contributed by atoms with van der Waals surface area (Å²) in [6.45, 7) is 0. The lowest BCUT2D eigenvalue weighted by atomic mass is 10.1. The standard InChI is InChI=1S/C31H21N3/c1-3-7-22-11-13-24(27(22)9-5-1)15-17-26-18-19-29-30(33-34-31(29)21-32-26)20-16-25-14-12-23-8-4-2-6-10-28(23)25/h1-21H/b17-15+,20-16+. The zero-order chi connectivity index (χ0) is 22.7. The summed E-state index contributed by atoms with van der Waals surface area (Å²) >= 11 is 0. The topological polar surface area (TPSA) is 38.7 Å². The van der Waals surface area contributed by atoms with Gasteiger partial charge in [-0.2, -0.15) is 0 Å². The van der Waals surface area contributed by atoms with Crippen molar-refractivity contribution in [3.63, 3.8) is 0 Å². The van der Waals surface area contributed by atoms with Gasteiger partial charge in [0.05, 0.1) is 17.6 Å². The smallest absolute Gasteiger partial charge is 0.113 e. The molecule has 0 fully saturated rings. The van der Waals surface area contributed by atoms with Crippen LogP contribution in [0.3, 0.4) is 0 Å². The molecule has 34 heavy (non-hydrogen) atoms. The van der Waals surface area contributed by atoms with Crippen molar-refractivity contribution in [1.82, 2.24) is 15.2 Å². The third-order valence-corrected chi connectivity index (χ3v) is 6.08. The molecule has 0 saturated carbocycles. The molecule has 2 aliphatic heterocycles. The second-order valence-electron chi connectivity index (χ2n) is 8.20. The van der Waals surface area contributed by atoms with E-state index in [0.717, 1.165) is 22.6 Å². The molecule has 0 aromatic carbocycles. The molecule has 0 radical (unpaired) electrons. The molecule has 0 atom stereocenters. The first-order valence-corrected chi connectivity index (χ1v) is 11.3. The summed E-state index contributed by atoms with van der Waals surface area (Å²) in [5, 5.41) is 8.72. The maximum Gasteiger partial charge on any atom is 0.113 e. The third-order valence-electron chi connectivity index (χ3n) is 6.08. The summed E-state index contributed by atoms with van der Waals surface area (Å²) in [7, 11) is 0. The van der Waals surface area contributed by atoms with E-state index < -0.39 is 0 Å². The van der Waals surface area contributed by atoms with Gasteiger partial charge in [-0.05, 0) is 57.7 Å². The molecule has 0 bridgehead atoms. The number of rotatable bonds is 4. The molecule has 0 amide bonds. The summed E-state index contributed by atoms with van der Waals surface area (Å²) < 4.78 is 0. The number of hydrogen-bond acceptors (Lipinski definition) is 3. The van der Waals surface area contributed by atoms with Gasteiger partial charge in [0, 0.05) is 5.56 Å². The van der Waals surface area contributed by atoms with E-state index >= 15 is 0 Å². The Kier molecular flexibility index (Phi) is 5.13. The average molecular weight is 436 g/mol. The molecule has 6 aliphatic rings. The van der Waals surface area contributed by atoms with Crippen molar-refractivity contribution in [2.24, 2.45) is 0 Å². The van der Waals surface area contributed by atoms with Gasteiger partial charge in [0.25, 0.3) is 0 Å². The summed E-state index contributed by atoms with van der Waals surface area (Å²) in [5.41, 5.74) is 10.7. The SMILES string of the molecule is C(=C\c1ccc2cccccc1-2)/c1ccc2c(/C=C/c3ccc4cccccc3-4)nnc-2cn1. The van der Waals surface area contributed by atoms with E-state index in [-0.39, 0.29) is 0 Å². The molecule has 3 nitrogen and oxygen atoms in total. The highest BCUT2D eigenvalue weighted by Crippen LogP contribution is 2.30. The normalized spacial score (nSPS) is 11.9. The Morgan fingerprint density at radius 3 is 1.82 bits per heavy atom. The first kappa shape index (κ1) is 20.0. The minimum Gasteiger partial charge on any atom is -0.255 e. The Bertz CT molecular complexity index is 1560. The number of aromatic nitrogens is 3. The lowest BCUT2D eigenvalue weighted by Crippen LogP contribution is -1.75. The molecule has 6 rings (SSSR count). The van der Waals surface area contributed by atoms with Crippen LogP contribution in [0.25, 0.3) is 57.8 Å². The molecular weight excluding hydrogens is 414 g/mol. The fraction of sp³-hybridized carbons (Fsp3) is 0. The maximum absolute atomic E-state index is 4.62. The third kappa shape index (κ3) is 3.84. The lowest BCUT2D eigenvalue weighted by Gasteiger charge is -1.95. The van der Waals surface area contributed by atoms with E-state index in [1.807, 2.05) is 36.4 Å². The number of fused-ring (bicyclic) bond motifs is 3. The molecule has 0 aromatic rings. The number of nitrogens with zero attached hydrogens (tertiary/aromatic N) is 3. The van der Waals surface area contributed by atoms with Crippen molar-refractivity contribution in [3.05, 3.63) is 126 Å². The molecule has 2 heterocycles. The molecule has 160 valence electrons. The molecule has 0 unspecified atom stereocenters. The van der Waals surface area contributed by atoms with E-state index in [2.05, 4.69) is 100 Å². The van der Waals surface area contributed by atoms with E-state index in [9.17, 15) is 0 Å². The first-order chi connectivity index (χ1) is 16.8. The summed E-state index contributed by atoms with van der Waals surface area (Å²) in [6, 6.07) is 33.5. The van der Waals surface area contributed by atoms with Crippen LogP contribution in [0.4, 0.5) is 0 Å². The molecule has 3 heteroatoms. The maximum atomic E-state index is 4.62. The average Bonchev–Trinajstić information content (AvgIpc) is 3.34. The zero-order valence-corrected chi connectivity index (χ0v) is 18.5. The van der Waals surface area contributed by atoms with Crippen molar-refractivity contribution in [2.75, 3.05) is 0 Å². The van der Waals surface area contributed by atoms with Crippen LogP contribution in [0.2, 0.25) is 0 Å². The molecule has 0 saturated heterocycles. The molecular formula is C31H21N3. The van der Waals surface area contributed by atoms with Crippen LogP contribution in [0.1, 0.15) is 22.5 Å². The summed E-state index contributed by atoms with van der Waals surface area (Å²) in [5.74, 6) is 0. The highest BCUT2D eigenvalue weighted by Gasteiger charge is 2.11. The van der Waals surface area contributed by atoms with Gasteiger partial charge in [0.15, 0.2) is 0 Å². The monoisotopic (exact) mass is 435 g/mol. The van der Waals surface area contributed by atoms with Crippen LogP contribution in [0, 0.1) is 0 Å². The molecule has 4 aliphatic carbocycles. The van der Waals surface area contributed by atoms with E-state index in [4.69, 9.17) is 0 Å². The second kappa shape index (κ2) is 8.72. The van der Waals surface area contributed by atoms with Gasteiger partial charge in [-0.1, -0.05) is 97.1 Å². The van der Waals surface area contributed by atoms with Crippen LogP contribution in [-0.4, -0.2) is 15.2 Å². The van der Waals surface area contributed by atoms with Gasteiger partial charge in [0.2, 0.25) is 0 Å². The largest absolute Gasteiger partial charge is 0.255 e. The van der Waals surface area contributed by atoms with Crippen LogP contribution in [0.15, 0.2) is 103 Å². The van der Waals surface area contributed by atoms with Crippen molar-refractivity contribution in [3.8, 4) is 33.5 Å². The van der Waals surface area contributed by atoms with E-state index in [1.54, 1.807) is 6.20 Å². The van der Waals surface area contributed by atoms with Crippen molar-refractivity contribution < 1.29 is 0 Å². The zero-order valence-electron chi connectivity index (χ0n) is 18.5. The van der Waals surface area contributed by atoms with Gasteiger partial charge >= 0.3 is 0 Å². The number of hydrogen-bond donors (Lipinski definition) is 0. The minimum absolute atomic E-state index is 0.781. The predicted octanol–water partition coefficient (Wildman–Crippen LogP) is 7.53. The van der Waals surface area contributed by atoms with Gasteiger partial charge in [-0.3, -0.25) is 4.98 Å². The Morgan fingerprint density at radius 1 is 0.471 bits per heavy atom. The Labute approximate surface area is 198 Å². The van der Waals surface area contributed by atoms with Gasteiger partial charge in [-0.25, -0.2) is 0 Å². The highest BCUT2D eigenvalue weighted by atomic mass is 15.1. The Balaban J connectivity index is 1.28. The van der Waals surface area contributed by atoms with Crippen LogP contribution in [-0.2, 0) is 0 Å².